The molecule has 0 spiro atoms. The number of carbonyl (C=O) groups excluding carboxylic acids is 1. The van der Waals surface area contributed by atoms with Gasteiger partial charge in [0, 0.05) is 56.3 Å². The Morgan fingerprint density at radius 3 is 2.85 bits per heavy atom. The molecule has 4 rings (SSSR count). The van der Waals surface area contributed by atoms with E-state index in [1.807, 2.05) is 35.5 Å². The summed E-state index contributed by atoms with van der Waals surface area (Å²) >= 11 is 0. The summed E-state index contributed by atoms with van der Waals surface area (Å²) in [5.74, 6) is 2.32. The summed E-state index contributed by atoms with van der Waals surface area (Å²) in [7, 11) is 2.00. The predicted molar refractivity (Wildman–Crippen MR) is 97.8 cm³/mol. The third-order valence-corrected chi connectivity index (χ3v) is 5.23. The number of imidazole rings is 1. The summed E-state index contributed by atoms with van der Waals surface area (Å²) in [6.07, 6.45) is 9.45. The number of amides is 1. The number of nitrogens with zero attached hydrogens (tertiary/aromatic N) is 7. The SMILES string of the molecule is Cc1ccnn1CCC(=O)NC1CC(c2nnc(Cn3ccnc3)n2C)C1. The zero-order chi connectivity index (χ0) is 18.8. The van der Waals surface area contributed by atoms with E-state index in [4.69, 9.17) is 0 Å². The van der Waals surface area contributed by atoms with Crippen molar-refractivity contribution in [1.29, 1.82) is 0 Å². The standard InChI is InChI=1S/C18H24N8O/c1-13-3-5-20-26(13)7-4-17(27)21-15-9-14(10-15)18-23-22-16(24(18)2)11-25-8-6-19-12-25/h3,5-6,8,12,14-15H,4,7,9-11H2,1-2H3,(H,21,27). The monoisotopic (exact) mass is 368 g/mol. The van der Waals surface area contributed by atoms with Gasteiger partial charge in [0.25, 0.3) is 0 Å². The second-order valence-corrected chi connectivity index (χ2v) is 7.15. The van der Waals surface area contributed by atoms with Gasteiger partial charge in [-0.15, -0.1) is 10.2 Å². The van der Waals surface area contributed by atoms with Gasteiger partial charge in [-0.1, -0.05) is 0 Å². The summed E-state index contributed by atoms with van der Waals surface area (Å²) < 4.78 is 5.88. The lowest BCUT2D eigenvalue weighted by Crippen LogP contribution is -2.44. The summed E-state index contributed by atoms with van der Waals surface area (Å²) in [5, 5.41) is 16.0. The maximum atomic E-state index is 12.2. The fourth-order valence-electron chi connectivity index (χ4n) is 3.50. The van der Waals surface area contributed by atoms with Gasteiger partial charge in [-0.25, -0.2) is 4.98 Å². The van der Waals surface area contributed by atoms with Crippen molar-refractivity contribution in [1.82, 2.24) is 39.4 Å². The van der Waals surface area contributed by atoms with Crippen LogP contribution in [0.4, 0.5) is 0 Å². The maximum absolute atomic E-state index is 12.2. The number of aryl methyl sites for hydroxylation is 2. The van der Waals surface area contributed by atoms with E-state index in [1.165, 1.54) is 0 Å². The number of aromatic nitrogens is 7. The summed E-state index contributed by atoms with van der Waals surface area (Å²) in [4.78, 5) is 16.2. The van der Waals surface area contributed by atoms with E-state index in [2.05, 4.69) is 30.2 Å². The summed E-state index contributed by atoms with van der Waals surface area (Å²) in [6.45, 7) is 3.26. The zero-order valence-electron chi connectivity index (χ0n) is 15.6. The largest absolute Gasteiger partial charge is 0.353 e. The third-order valence-electron chi connectivity index (χ3n) is 5.23. The van der Waals surface area contributed by atoms with Gasteiger partial charge >= 0.3 is 0 Å². The predicted octanol–water partition coefficient (Wildman–Crippen LogP) is 1.02. The molecule has 1 aliphatic carbocycles. The molecule has 1 aliphatic rings. The lowest BCUT2D eigenvalue weighted by molar-refractivity contribution is -0.122. The zero-order valence-corrected chi connectivity index (χ0v) is 15.6. The number of nitrogens with one attached hydrogen (secondary N) is 1. The van der Waals surface area contributed by atoms with Crippen LogP contribution in [0.15, 0.2) is 31.0 Å². The van der Waals surface area contributed by atoms with Crippen molar-refractivity contribution in [2.45, 2.75) is 51.2 Å². The fourth-order valence-corrected chi connectivity index (χ4v) is 3.50. The van der Waals surface area contributed by atoms with Crippen LogP contribution in [-0.2, 0) is 24.9 Å². The molecule has 1 saturated carbocycles. The number of hydrogen-bond donors (Lipinski definition) is 1. The second kappa shape index (κ2) is 7.34. The highest BCUT2D eigenvalue weighted by atomic mass is 16.1. The highest BCUT2D eigenvalue weighted by molar-refractivity contribution is 5.76. The highest BCUT2D eigenvalue weighted by Gasteiger charge is 2.34. The molecule has 1 N–H and O–H groups in total. The Morgan fingerprint density at radius 1 is 1.30 bits per heavy atom. The molecule has 0 unspecified atom stereocenters. The Bertz CT molecular complexity index is 904. The van der Waals surface area contributed by atoms with E-state index >= 15 is 0 Å². The molecular formula is C18H24N8O. The molecule has 0 bridgehead atoms. The Hall–Kier alpha value is -2.97. The lowest BCUT2D eigenvalue weighted by Gasteiger charge is -2.35. The van der Waals surface area contributed by atoms with Gasteiger partial charge in [0.15, 0.2) is 5.82 Å². The highest BCUT2D eigenvalue weighted by Crippen LogP contribution is 2.35. The molecule has 1 amide bonds. The van der Waals surface area contributed by atoms with E-state index in [0.717, 1.165) is 30.2 Å². The molecule has 0 aliphatic heterocycles. The molecule has 3 aromatic rings. The molecule has 0 radical (unpaired) electrons. The minimum Gasteiger partial charge on any atom is -0.353 e. The van der Waals surface area contributed by atoms with Gasteiger partial charge in [0.2, 0.25) is 5.91 Å². The third kappa shape index (κ3) is 3.76. The van der Waals surface area contributed by atoms with E-state index in [1.54, 1.807) is 18.7 Å². The van der Waals surface area contributed by atoms with Crippen molar-refractivity contribution in [3.8, 4) is 0 Å². The van der Waals surface area contributed by atoms with E-state index in [9.17, 15) is 4.79 Å². The fraction of sp³-hybridized carbons (Fsp3) is 0.500. The minimum atomic E-state index is 0.0760. The summed E-state index contributed by atoms with van der Waals surface area (Å²) in [5.41, 5.74) is 1.07. The normalized spacial score (nSPS) is 19.0. The van der Waals surface area contributed by atoms with Crippen molar-refractivity contribution in [2.24, 2.45) is 7.05 Å². The first-order chi connectivity index (χ1) is 13.1. The van der Waals surface area contributed by atoms with E-state index in [-0.39, 0.29) is 11.9 Å². The first kappa shape index (κ1) is 17.4. The molecule has 0 saturated heterocycles. The van der Waals surface area contributed by atoms with Crippen LogP contribution in [0.5, 0.6) is 0 Å². The van der Waals surface area contributed by atoms with Crippen molar-refractivity contribution < 1.29 is 4.79 Å². The van der Waals surface area contributed by atoms with Crippen molar-refractivity contribution >= 4 is 5.91 Å². The van der Waals surface area contributed by atoms with Crippen LogP contribution < -0.4 is 5.32 Å². The molecule has 1 fully saturated rings. The van der Waals surface area contributed by atoms with Crippen molar-refractivity contribution in [2.75, 3.05) is 0 Å². The molecule has 0 aromatic carbocycles. The van der Waals surface area contributed by atoms with Gasteiger partial charge < -0.3 is 14.5 Å². The van der Waals surface area contributed by atoms with Gasteiger partial charge in [0.1, 0.15) is 5.82 Å². The molecule has 142 valence electrons. The van der Waals surface area contributed by atoms with Crippen molar-refractivity contribution in [3.63, 3.8) is 0 Å². The van der Waals surface area contributed by atoms with Crippen LogP contribution in [0.2, 0.25) is 0 Å². The average Bonchev–Trinajstić information content (AvgIpc) is 3.34. The van der Waals surface area contributed by atoms with Crippen LogP contribution in [0.1, 0.15) is 42.5 Å². The maximum Gasteiger partial charge on any atom is 0.222 e. The van der Waals surface area contributed by atoms with Crippen molar-refractivity contribution in [3.05, 3.63) is 48.3 Å². The van der Waals surface area contributed by atoms with Crippen LogP contribution in [-0.4, -0.2) is 46.0 Å². The Morgan fingerprint density at radius 2 is 2.15 bits per heavy atom. The van der Waals surface area contributed by atoms with Gasteiger partial charge in [-0.2, -0.15) is 5.10 Å². The molecule has 0 atom stereocenters. The molecule has 27 heavy (non-hydrogen) atoms. The Kier molecular flexibility index (Phi) is 4.74. The minimum absolute atomic E-state index is 0.0760. The number of rotatable bonds is 7. The van der Waals surface area contributed by atoms with E-state index in [0.29, 0.717) is 25.4 Å². The topological polar surface area (TPSA) is 95.4 Å². The molecule has 3 heterocycles. The molecule has 3 aromatic heterocycles. The van der Waals surface area contributed by atoms with Crippen LogP contribution >= 0.6 is 0 Å². The Balaban J connectivity index is 1.25. The summed E-state index contributed by atoms with van der Waals surface area (Å²) in [6, 6.07) is 2.16. The van der Waals surface area contributed by atoms with Gasteiger partial charge in [0.05, 0.1) is 12.9 Å². The lowest BCUT2D eigenvalue weighted by atomic mass is 9.79. The van der Waals surface area contributed by atoms with Crippen LogP contribution in [0.3, 0.4) is 0 Å². The Labute approximate surface area is 157 Å². The smallest absolute Gasteiger partial charge is 0.222 e. The molecular weight excluding hydrogens is 344 g/mol. The quantitative estimate of drug-likeness (QED) is 0.672. The second-order valence-electron chi connectivity index (χ2n) is 7.15. The van der Waals surface area contributed by atoms with Gasteiger partial charge in [-0.05, 0) is 25.8 Å². The number of hydrogen-bond acceptors (Lipinski definition) is 5. The molecule has 9 heteroatoms. The van der Waals surface area contributed by atoms with Gasteiger partial charge in [-0.3, -0.25) is 9.48 Å². The first-order valence-electron chi connectivity index (χ1n) is 9.22. The van der Waals surface area contributed by atoms with Crippen LogP contribution in [0, 0.1) is 6.92 Å². The van der Waals surface area contributed by atoms with E-state index < -0.39 is 0 Å². The number of carbonyl (C=O) groups is 1. The average molecular weight is 368 g/mol. The molecule has 9 nitrogen and oxygen atoms in total. The van der Waals surface area contributed by atoms with Crippen LogP contribution in [0.25, 0.3) is 0 Å². The first-order valence-corrected chi connectivity index (χ1v) is 9.22.